The number of amides is 2. The quantitative estimate of drug-likeness (QED) is 0.872. The lowest BCUT2D eigenvalue weighted by Crippen LogP contribution is -2.44. The molecular formula is C17H24N2O3. The number of likely N-dealkylation sites (tertiary alicyclic amines) is 1. The Balaban J connectivity index is 1.62. The van der Waals surface area contributed by atoms with Gasteiger partial charge in [-0.05, 0) is 30.9 Å². The van der Waals surface area contributed by atoms with Gasteiger partial charge in [-0.1, -0.05) is 25.1 Å². The summed E-state index contributed by atoms with van der Waals surface area (Å²) in [6.45, 7) is 4.14. The molecule has 1 aliphatic rings. The van der Waals surface area contributed by atoms with Crippen molar-refractivity contribution < 1.29 is 14.3 Å². The van der Waals surface area contributed by atoms with Crippen LogP contribution in [0.1, 0.15) is 26.2 Å². The molecule has 120 valence electrons. The van der Waals surface area contributed by atoms with Gasteiger partial charge in [0.2, 0.25) is 11.8 Å². The van der Waals surface area contributed by atoms with E-state index in [1.165, 1.54) is 6.42 Å². The highest BCUT2D eigenvalue weighted by Gasteiger charge is 2.20. The molecule has 0 radical (unpaired) electrons. The van der Waals surface area contributed by atoms with Gasteiger partial charge in [0.25, 0.3) is 0 Å². The lowest BCUT2D eigenvalue weighted by molar-refractivity contribution is -0.134. The van der Waals surface area contributed by atoms with E-state index in [4.69, 9.17) is 4.74 Å². The highest BCUT2D eigenvalue weighted by atomic mass is 16.5. The van der Waals surface area contributed by atoms with Crippen molar-refractivity contribution in [1.82, 2.24) is 10.2 Å². The predicted octanol–water partition coefficient (Wildman–Crippen LogP) is 1.83. The van der Waals surface area contributed by atoms with E-state index in [0.717, 1.165) is 25.3 Å². The van der Waals surface area contributed by atoms with E-state index in [9.17, 15) is 9.59 Å². The first-order chi connectivity index (χ1) is 10.6. The summed E-state index contributed by atoms with van der Waals surface area (Å²) in [4.78, 5) is 25.6. The molecule has 1 N–H and O–H groups in total. The molecule has 0 aromatic heterocycles. The van der Waals surface area contributed by atoms with Gasteiger partial charge in [0.15, 0.2) is 0 Å². The third kappa shape index (κ3) is 5.39. The lowest BCUT2D eigenvalue weighted by atomic mass is 10.0. The van der Waals surface area contributed by atoms with Crippen LogP contribution in [0, 0.1) is 5.92 Å². The average Bonchev–Trinajstić information content (AvgIpc) is 2.53. The van der Waals surface area contributed by atoms with Gasteiger partial charge < -0.3 is 15.0 Å². The monoisotopic (exact) mass is 304 g/mol. The second-order valence-electron chi connectivity index (χ2n) is 5.78. The van der Waals surface area contributed by atoms with Crippen molar-refractivity contribution in [3.8, 4) is 5.75 Å². The zero-order chi connectivity index (χ0) is 15.8. The van der Waals surface area contributed by atoms with E-state index in [1.54, 1.807) is 0 Å². The standard InChI is InChI=1S/C17H24N2O3/c1-14-6-5-10-19(13-14)17(21)12-18-16(20)9-11-22-15-7-3-2-4-8-15/h2-4,7-8,14H,5-6,9-13H2,1H3,(H,18,20). The average molecular weight is 304 g/mol. The summed E-state index contributed by atoms with van der Waals surface area (Å²) in [6, 6.07) is 9.37. The number of hydrogen-bond donors (Lipinski definition) is 1. The van der Waals surface area contributed by atoms with Crippen molar-refractivity contribution in [2.24, 2.45) is 5.92 Å². The van der Waals surface area contributed by atoms with Gasteiger partial charge in [0, 0.05) is 13.1 Å². The summed E-state index contributed by atoms with van der Waals surface area (Å²) < 4.78 is 5.46. The number of ether oxygens (including phenoxy) is 1. The maximum Gasteiger partial charge on any atom is 0.241 e. The van der Waals surface area contributed by atoms with Gasteiger partial charge in [-0.2, -0.15) is 0 Å². The summed E-state index contributed by atoms with van der Waals surface area (Å²) in [5.41, 5.74) is 0. The Kier molecular flexibility index (Phi) is 6.25. The molecule has 1 heterocycles. The number of piperidine rings is 1. The highest BCUT2D eigenvalue weighted by molar-refractivity contribution is 5.84. The highest BCUT2D eigenvalue weighted by Crippen LogP contribution is 2.15. The van der Waals surface area contributed by atoms with E-state index >= 15 is 0 Å². The molecule has 0 bridgehead atoms. The fourth-order valence-electron chi connectivity index (χ4n) is 2.57. The van der Waals surface area contributed by atoms with E-state index < -0.39 is 0 Å². The zero-order valence-corrected chi connectivity index (χ0v) is 13.1. The van der Waals surface area contributed by atoms with Crippen molar-refractivity contribution in [2.45, 2.75) is 26.2 Å². The summed E-state index contributed by atoms with van der Waals surface area (Å²) in [7, 11) is 0. The molecule has 1 unspecified atom stereocenters. The van der Waals surface area contributed by atoms with Crippen LogP contribution in [-0.4, -0.2) is 43.0 Å². The van der Waals surface area contributed by atoms with Crippen LogP contribution in [0.2, 0.25) is 0 Å². The third-order valence-corrected chi connectivity index (χ3v) is 3.79. The molecular weight excluding hydrogens is 280 g/mol. The van der Waals surface area contributed by atoms with Crippen LogP contribution < -0.4 is 10.1 Å². The van der Waals surface area contributed by atoms with E-state index in [1.807, 2.05) is 35.2 Å². The molecule has 5 nitrogen and oxygen atoms in total. The molecule has 1 aliphatic heterocycles. The van der Waals surface area contributed by atoms with Gasteiger partial charge >= 0.3 is 0 Å². The van der Waals surface area contributed by atoms with Crippen molar-refractivity contribution in [2.75, 3.05) is 26.2 Å². The molecule has 5 heteroatoms. The largest absolute Gasteiger partial charge is 0.493 e. The number of para-hydroxylation sites is 1. The van der Waals surface area contributed by atoms with Gasteiger partial charge in [-0.15, -0.1) is 0 Å². The number of rotatable bonds is 6. The second-order valence-corrected chi connectivity index (χ2v) is 5.78. The number of benzene rings is 1. The maximum absolute atomic E-state index is 12.0. The molecule has 0 saturated carbocycles. The van der Waals surface area contributed by atoms with Crippen molar-refractivity contribution >= 4 is 11.8 Å². The predicted molar refractivity (Wildman–Crippen MR) is 84.5 cm³/mol. The first kappa shape index (κ1) is 16.3. The smallest absolute Gasteiger partial charge is 0.241 e. The molecule has 1 aromatic rings. The lowest BCUT2D eigenvalue weighted by Gasteiger charge is -2.31. The molecule has 0 spiro atoms. The first-order valence-corrected chi connectivity index (χ1v) is 7.87. The van der Waals surface area contributed by atoms with Crippen LogP contribution in [0.5, 0.6) is 5.75 Å². The molecule has 1 aromatic carbocycles. The SMILES string of the molecule is CC1CCCN(C(=O)CNC(=O)CCOc2ccccc2)C1. The summed E-state index contributed by atoms with van der Waals surface area (Å²) >= 11 is 0. The van der Waals surface area contributed by atoms with Crippen LogP contribution >= 0.6 is 0 Å². The Morgan fingerprint density at radius 1 is 1.32 bits per heavy atom. The molecule has 2 amide bonds. The van der Waals surface area contributed by atoms with Gasteiger partial charge in [0.1, 0.15) is 5.75 Å². The molecule has 1 atom stereocenters. The number of carbonyl (C=O) groups is 2. The Morgan fingerprint density at radius 3 is 2.82 bits per heavy atom. The maximum atomic E-state index is 12.0. The molecule has 1 fully saturated rings. The number of carbonyl (C=O) groups excluding carboxylic acids is 2. The van der Waals surface area contributed by atoms with E-state index in [2.05, 4.69) is 12.2 Å². The molecule has 0 aliphatic carbocycles. The normalized spacial score (nSPS) is 17.9. The van der Waals surface area contributed by atoms with Crippen molar-refractivity contribution in [3.63, 3.8) is 0 Å². The Bertz CT molecular complexity index is 490. The van der Waals surface area contributed by atoms with Crippen LogP contribution in [-0.2, 0) is 9.59 Å². The van der Waals surface area contributed by atoms with Crippen LogP contribution in [0.3, 0.4) is 0 Å². The molecule has 2 rings (SSSR count). The van der Waals surface area contributed by atoms with Gasteiger partial charge in [-0.3, -0.25) is 9.59 Å². The Morgan fingerprint density at radius 2 is 2.09 bits per heavy atom. The number of nitrogens with zero attached hydrogens (tertiary/aromatic N) is 1. The number of hydrogen-bond acceptors (Lipinski definition) is 3. The van der Waals surface area contributed by atoms with Crippen molar-refractivity contribution in [1.29, 1.82) is 0 Å². The third-order valence-electron chi connectivity index (χ3n) is 3.79. The summed E-state index contributed by atoms with van der Waals surface area (Å²) in [5.74, 6) is 1.14. The van der Waals surface area contributed by atoms with Crippen LogP contribution in [0.15, 0.2) is 30.3 Å². The fraction of sp³-hybridized carbons (Fsp3) is 0.529. The van der Waals surface area contributed by atoms with Gasteiger partial charge in [-0.25, -0.2) is 0 Å². The Hall–Kier alpha value is -2.04. The van der Waals surface area contributed by atoms with E-state index in [0.29, 0.717) is 12.5 Å². The van der Waals surface area contributed by atoms with E-state index in [-0.39, 0.29) is 24.8 Å². The molecule has 1 saturated heterocycles. The summed E-state index contributed by atoms with van der Waals surface area (Å²) in [5, 5.41) is 2.67. The minimum Gasteiger partial charge on any atom is -0.493 e. The minimum absolute atomic E-state index is 0.00359. The fourth-order valence-corrected chi connectivity index (χ4v) is 2.57. The zero-order valence-electron chi connectivity index (χ0n) is 13.1. The Labute approximate surface area is 131 Å². The van der Waals surface area contributed by atoms with Crippen LogP contribution in [0.25, 0.3) is 0 Å². The first-order valence-electron chi connectivity index (χ1n) is 7.87. The summed E-state index contributed by atoms with van der Waals surface area (Å²) in [6.07, 6.45) is 2.47. The van der Waals surface area contributed by atoms with Crippen molar-refractivity contribution in [3.05, 3.63) is 30.3 Å². The second kappa shape index (κ2) is 8.41. The number of nitrogens with one attached hydrogen (secondary N) is 1. The van der Waals surface area contributed by atoms with Crippen LogP contribution in [0.4, 0.5) is 0 Å². The topological polar surface area (TPSA) is 58.6 Å². The minimum atomic E-state index is -0.158. The molecule has 22 heavy (non-hydrogen) atoms. The van der Waals surface area contributed by atoms with Gasteiger partial charge in [0.05, 0.1) is 19.6 Å².